The van der Waals surface area contributed by atoms with Crippen molar-refractivity contribution >= 4 is 11.6 Å². The quantitative estimate of drug-likeness (QED) is 0.797. The van der Waals surface area contributed by atoms with Crippen molar-refractivity contribution in [3.63, 3.8) is 0 Å². The fourth-order valence-electron chi connectivity index (χ4n) is 3.59. The van der Waals surface area contributed by atoms with Gasteiger partial charge in [-0.15, -0.1) is 0 Å². The number of aliphatic hydroxyl groups excluding tert-OH is 1. The molecule has 6 heteroatoms. The molecule has 1 aliphatic carbocycles. The first kappa shape index (κ1) is 18.7. The number of imidazole rings is 1. The zero-order valence-electron chi connectivity index (χ0n) is 15.7. The van der Waals surface area contributed by atoms with Crippen LogP contribution in [0.4, 0.5) is 0 Å². The average Bonchev–Trinajstić information content (AvgIpc) is 3.06. The Bertz CT molecular complexity index is 750. The molecule has 2 N–H and O–H groups in total. The molecule has 3 rings (SSSR count). The Morgan fingerprint density at radius 3 is 2.88 bits per heavy atom. The van der Waals surface area contributed by atoms with Gasteiger partial charge in [-0.1, -0.05) is 26.2 Å². The van der Waals surface area contributed by atoms with Crippen LogP contribution in [0.5, 0.6) is 5.75 Å². The Kier molecular flexibility index (Phi) is 6.14. The van der Waals surface area contributed by atoms with Gasteiger partial charge in [0, 0.05) is 12.2 Å². The fourth-order valence-corrected chi connectivity index (χ4v) is 3.59. The van der Waals surface area contributed by atoms with E-state index in [2.05, 4.69) is 10.3 Å². The highest BCUT2D eigenvalue weighted by Gasteiger charge is 2.22. The zero-order chi connectivity index (χ0) is 18.5. The summed E-state index contributed by atoms with van der Waals surface area (Å²) in [6.45, 7) is 4.36. The SMILES string of the molecule is CCc1nc2c(OCC3CCCCC3)cccn2c1C(=O)N[C@H](C)CO. The third-order valence-electron chi connectivity index (χ3n) is 5.09. The number of fused-ring (bicyclic) bond motifs is 1. The second kappa shape index (κ2) is 8.54. The molecule has 0 spiro atoms. The Balaban J connectivity index is 1.86. The van der Waals surface area contributed by atoms with Gasteiger partial charge < -0.3 is 15.2 Å². The molecule has 0 unspecified atom stereocenters. The molecule has 142 valence electrons. The molecule has 2 heterocycles. The number of nitrogens with zero attached hydrogens (tertiary/aromatic N) is 2. The lowest BCUT2D eigenvalue weighted by Gasteiger charge is -2.21. The van der Waals surface area contributed by atoms with Gasteiger partial charge in [0.05, 0.1) is 18.9 Å². The molecular weight excluding hydrogens is 330 g/mol. The van der Waals surface area contributed by atoms with Crippen LogP contribution >= 0.6 is 0 Å². The van der Waals surface area contributed by atoms with Crippen LogP contribution in [0, 0.1) is 5.92 Å². The van der Waals surface area contributed by atoms with Gasteiger partial charge in [0.2, 0.25) is 0 Å². The van der Waals surface area contributed by atoms with Crippen LogP contribution in [-0.2, 0) is 6.42 Å². The Labute approximate surface area is 154 Å². The summed E-state index contributed by atoms with van der Waals surface area (Å²) in [6.07, 6.45) is 8.85. The van der Waals surface area contributed by atoms with Gasteiger partial charge in [-0.05, 0) is 44.2 Å². The average molecular weight is 359 g/mol. The second-order valence-electron chi connectivity index (χ2n) is 7.20. The first-order valence-electron chi connectivity index (χ1n) is 9.68. The standard InChI is InChI=1S/C20H29N3O3/c1-3-16-18(20(25)21-14(2)12-24)23-11-7-10-17(19(23)22-16)26-13-15-8-5-4-6-9-15/h7,10-11,14-15,24H,3-6,8-9,12-13H2,1-2H3,(H,21,25)/t14-/m1/s1. The van der Waals surface area contributed by atoms with E-state index in [0.29, 0.717) is 30.3 Å². The molecule has 0 aliphatic heterocycles. The Morgan fingerprint density at radius 1 is 1.42 bits per heavy atom. The van der Waals surface area contributed by atoms with E-state index in [9.17, 15) is 9.90 Å². The number of carbonyl (C=O) groups excluding carboxylic acids is 1. The normalized spacial score (nSPS) is 16.6. The van der Waals surface area contributed by atoms with E-state index in [0.717, 1.165) is 11.4 Å². The smallest absolute Gasteiger partial charge is 0.270 e. The molecule has 1 saturated carbocycles. The van der Waals surface area contributed by atoms with Crippen molar-refractivity contribution in [2.75, 3.05) is 13.2 Å². The summed E-state index contributed by atoms with van der Waals surface area (Å²) in [5, 5.41) is 12.0. The van der Waals surface area contributed by atoms with E-state index in [1.807, 2.05) is 25.3 Å². The van der Waals surface area contributed by atoms with Crippen LogP contribution in [-0.4, -0.2) is 39.7 Å². The number of aryl methyl sites for hydroxylation is 1. The number of nitrogens with one attached hydrogen (secondary N) is 1. The molecule has 0 bridgehead atoms. The number of aliphatic hydroxyl groups is 1. The van der Waals surface area contributed by atoms with Gasteiger partial charge in [-0.25, -0.2) is 4.98 Å². The zero-order valence-corrected chi connectivity index (χ0v) is 15.7. The lowest BCUT2D eigenvalue weighted by atomic mass is 9.90. The van der Waals surface area contributed by atoms with Crippen LogP contribution in [0.25, 0.3) is 5.65 Å². The summed E-state index contributed by atoms with van der Waals surface area (Å²) in [6, 6.07) is 3.50. The van der Waals surface area contributed by atoms with Crippen LogP contribution < -0.4 is 10.1 Å². The van der Waals surface area contributed by atoms with Crippen molar-refractivity contribution in [3.8, 4) is 5.75 Å². The van der Waals surface area contributed by atoms with Crippen molar-refractivity contribution < 1.29 is 14.6 Å². The topological polar surface area (TPSA) is 75.9 Å². The van der Waals surface area contributed by atoms with Gasteiger partial charge in [-0.3, -0.25) is 9.20 Å². The number of carbonyl (C=O) groups is 1. The van der Waals surface area contributed by atoms with Gasteiger partial charge >= 0.3 is 0 Å². The molecule has 2 aromatic heterocycles. The van der Waals surface area contributed by atoms with E-state index in [4.69, 9.17) is 4.74 Å². The molecule has 6 nitrogen and oxygen atoms in total. The lowest BCUT2D eigenvalue weighted by Crippen LogP contribution is -2.36. The Morgan fingerprint density at radius 2 is 2.19 bits per heavy atom. The van der Waals surface area contributed by atoms with Crippen molar-refractivity contribution in [3.05, 3.63) is 29.7 Å². The predicted molar refractivity (Wildman–Crippen MR) is 101 cm³/mol. The summed E-state index contributed by atoms with van der Waals surface area (Å²) >= 11 is 0. The van der Waals surface area contributed by atoms with Crippen molar-refractivity contribution in [1.82, 2.24) is 14.7 Å². The maximum Gasteiger partial charge on any atom is 0.270 e. The molecule has 1 aliphatic rings. The third-order valence-corrected chi connectivity index (χ3v) is 5.09. The number of hydrogen-bond acceptors (Lipinski definition) is 4. The number of aromatic nitrogens is 2. The molecule has 1 amide bonds. The van der Waals surface area contributed by atoms with Gasteiger partial charge in [-0.2, -0.15) is 0 Å². The lowest BCUT2D eigenvalue weighted by molar-refractivity contribution is 0.0915. The highest BCUT2D eigenvalue weighted by Crippen LogP contribution is 2.27. The molecular formula is C20H29N3O3. The summed E-state index contributed by atoms with van der Waals surface area (Å²) in [7, 11) is 0. The van der Waals surface area contributed by atoms with Crippen LogP contribution in [0.15, 0.2) is 18.3 Å². The summed E-state index contributed by atoms with van der Waals surface area (Å²) in [4.78, 5) is 17.3. The monoisotopic (exact) mass is 359 g/mol. The maximum atomic E-state index is 12.7. The molecule has 0 saturated heterocycles. The number of rotatable bonds is 7. The summed E-state index contributed by atoms with van der Waals surface area (Å²) < 4.78 is 7.90. The highest BCUT2D eigenvalue weighted by molar-refractivity contribution is 5.95. The molecule has 0 radical (unpaired) electrons. The minimum Gasteiger partial charge on any atom is -0.489 e. The fraction of sp³-hybridized carbons (Fsp3) is 0.600. The number of ether oxygens (including phenoxy) is 1. The van der Waals surface area contributed by atoms with Crippen molar-refractivity contribution in [2.24, 2.45) is 5.92 Å². The summed E-state index contributed by atoms with van der Waals surface area (Å²) in [5.74, 6) is 1.11. The van der Waals surface area contributed by atoms with E-state index in [1.54, 1.807) is 11.3 Å². The first-order valence-corrected chi connectivity index (χ1v) is 9.68. The highest BCUT2D eigenvalue weighted by atomic mass is 16.5. The maximum absolute atomic E-state index is 12.7. The molecule has 2 aromatic rings. The van der Waals surface area contributed by atoms with Crippen LogP contribution in [0.3, 0.4) is 0 Å². The van der Waals surface area contributed by atoms with Gasteiger partial charge in [0.25, 0.3) is 5.91 Å². The molecule has 1 fully saturated rings. The van der Waals surface area contributed by atoms with E-state index in [1.165, 1.54) is 32.1 Å². The van der Waals surface area contributed by atoms with E-state index in [-0.39, 0.29) is 18.6 Å². The van der Waals surface area contributed by atoms with Crippen molar-refractivity contribution in [2.45, 2.75) is 58.4 Å². The number of amides is 1. The van der Waals surface area contributed by atoms with E-state index < -0.39 is 0 Å². The predicted octanol–water partition coefficient (Wildman–Crippen LogP) is 2.97. The minimum absolute atomic E-state index is 0.0975. The van der Waals surface area contributed by atoms with Gasteiger partial charge in [0.15, 0.2) is 11.4 Å². The Hall–Kier alpha value is -2.08. The molecule has 26 heavy (non-hydrogen) atoms. The third kappa shape index (κ3) is 4.01. The number of hydrogen-bond donors (Lipinski definition) is 2. The molecule has 0 aromatic carbocycles. The second-order valence-corrected chi connectivity index (χ2v) is 7.20. The summed E-state index contributed by atoms with van der Waals surface area (Å²) in [5.41, 5.74) is 1.94. The van der Waals surface area contributed by atoms with Crippen LogP contribution in [0.1, 0.15) is 62.1 Å². The number of pyridine rings is 1. The largest absolute Gasteiger partial charge is 0.489 e. The molecule has 1 atom stereocenters. The van der Waals surface area contributed by atoms with E-state index >= 15 is 0 Å². The first-order chi connectivity index (χ1) is 12.6. The minimum atomic E-state index is -0.302. The van der Waals surface area contributed by atoms with Crippen molar-refractivity contribution in [1.29, 1.82) is 0 Å². The van der Waals surface area contributed by atoms with Crippen LogP contribution in [0.2, 0.25) is 0 Å². The van der Waals surface area contributed by atoms with Gasteiger partial charge in [0.1, 0.15) is 5.69 Å².